The average Bonchev–Trinajstić information content (AvgIpc) is 3.47. The molecule has 7 heteroatoms. The van der Waals surface area contributed by atoms with Crippen molar-refractivity contribution in [2.24, 2.45) is 0 Å². The SMILES string of the molecule is COc1ccccc1-c1sc2ccccc2[n+]1N[n+]1c(-c2ccccc2OC)sc2ccccc21. The molecule has 0 atom stereocenters. The number of aromatic nitrogens is 2. The van der Waals surface area contributed by atoms with Gasteiger partial charge in [-0.05, 0) is 45.8 Å². The highest BCUT2D eigenvalue weighted by Gasteiger charge is 2.33. The van der Waals surface area contributed by atoms with Gasteiger partial charge in [0.15, 0.2) is 0 Å². The summed E-state index contributed by atoms with van der Waals surface area (Å²) in [5.41, 5.74) is 7.97. The zero-order valence-corrected chi connectivity index (χ0v) is 20.9. The maximum atomic E-state index is 5.72. The van der Waals surface area contributed by atoms with E-state index in [0.29, 0.717) is 0 Å². The van der Waals surface area contributed by atoms with Crippen molar-refractivity contribution in [3.05, 3.63) is 97.1 Å². The minimum atomic E-state index is 0.833. The first-order valence-electron chi connectivity index (χ1n) is 11.2. The van der Waals surface area contributed by atoms with Gasteiger partial charge in [-0.25, -0.2) is 0 Å². The number of fused-ring (bicyclic) bond motifs is 2. The third-order valence-electron chi connectivity index (χ3n) is 5.91. The molecule has 0 aliphatic carbocycles. The average molecular weight is 498 g/mol. The lowest BCUT2D eigenvalue weighted by Crippen LogP contribution is -2.63. The Morgan fingerprint density at radius 1 is 0.543 bits per heavy atom. The fourth-order valence-electron chi connectivity index (χ4n) is 4.27. The van der Waals surface area contributed by atoms with Crippen LogP contribution in [-0.2, 0) is 0 Å². The maximum absolute atomic E-state index is 5.72. The molecule has 0 aliphatic heterocycles. The molecule has 4 aromatic carbocycles. The van der Waals surface area contributed by atoms with Crippen molar-refractivity contribution < 1.29 is 18.8 Å². The van der Waals surface area contributed by atoms with Crippen molar-refractivity contribution >= 4 is 43.1 Å². The molecule has 0 saturated heterocycles. The van der Waals surface area contributed by atoms with Crippen LogP contribution >= 0.6 is 22.7 Å². The third-order valence-corrected chi connectivity index (χ3v) is 8.23. The summed E-state index contributed by atoms with van der Waals surface area (Å²) in [6.07, 6.45) is 0. The topological polar surface area (TPSA) is 38.2 Å². The summed E-state index contributed by atoms with van der Waals surface area (Å²) in [5.74, 6) is 1.67. The maximum Gasteiger partial charge on any atom is 0.308 e. The van der Waals surface area contributed by atoms with E-state index in [2.05, 4.69) is 75.6 Å². The van der Waals surface area contributed by atoms with Crippen LogP contribution < -0.4 is 24.4 Å². The van der Waals surface area contributed by atoms with Crippen LogP contribution in [0.1, 0.15) is 0 Å². The monoisotopic (exact) mass is 497 g/mol. The molecule has 172 valence electrons. The molecule has 35 heavy (non-hydrogen) atoms. The van der Waals surface area contributed by atoms with Crippen molar-refractivity contribution in [3.63, 3.8) is 0 Å². The Hall–Kier alpha value is -3.94. The summed E-state index contributed by atoms with van der Waals surface area (Å²) in [7, 11) is 3.43. The van der Waals surface area contributed by atoms with Crippen molar-refractivity contribution in [3.8, 4) is 32.6 Å². The molecular weight excluding hydrogens is 474 g/mol. The van der Waals surface area contributed by atoms with Crippen LogP contribution in [0.5, 0.6) is 11.5 Å². The standard InChI is InChI=1S/C28H23N3O2S2/c1-32-23-15-7-3-11-19(23)27-30(21-13-5-9-17-25(21)34-27)29-31-22-14-6-10-18-26(22)35-28(31)20-12-4-8-16-24(20)33-2/h3-18,29H,1-2H3/q+2. The molecule has 0 bridgehead atoms. The first kappa shape index (κ1) is 21.6. The zero-order chi connectivity index (χ0) is 23.8. The number of para-hydroxylation sites is 4. The lowest BCUT2D eigenvalue weighted by molar-refractivity contribution is -0.812. The molecular formula is C28H23N3O2S2+2. The minimum absolute atomic E-state index is 0.833. The Balaban J connectivity index is 1.62. The molecule has 6 aromatic rings. The number of ether oxygens (including phenoxy) is 2. The van der Waals surface area contributed by atoms with Crippen LogP contribution in [0.4, 0.5) is 0 Å². The predicted molar refractivity (Wildman–Crippen MR) is 143 cm³/mol. The summed E-state index contributed by atoms with van der Waals surface area (Å²) < 4.78 is 18.1. The number of rotatable bonds is 6. The molecule has 1 N–H and O–H groups in total. The molecule has 0 amide bonds. The molecule has 5 nitrogen and oxygen atoms in total. The molecule has 0 saturated carbocycles. The van der Waals surface area contributed by atoms with Crippen LogP contribution in [-0.4, -0.2) is 14.2 Å². The molecule has 0 fully saturated rings. The Bertz CT molecular complexity index is 1550. The summed E-state index contributed by atoms with van der Waals surface area (Å²) in [4.78, 5) is 0. The van der Waals surface area contributed by atoms with Crippen molar-refractivity contribution in [1.82, 2.24) is 0 Å². The third kappa shape index (κ3) is 3.69. The largest absolute Gasteiger partial charge is 0.496 e. The van der Waals surface area contributed by atoms with Gasteiger partial charge in [-0.1, -0.05) is 71.2 Å². The van der Waals surface area contributed by atoms with Gasteiger partial charge in [-0.15, -0.1) is 0 Å². The molecule has 2 aromatic heterocycles. The Labute approximate surface area is 211 Å². The van der Waals surface area contributed by atoms with Gasteiger partial charge in [0, 0.05) is 12.1 Å². The number of benzene rings is 4. The summed E-state index contributed by atoms with van der Waals surface area (Å²) in [6.45, 7) is 0. The molecule has 0 spiro atoms. The Morgan fingerprint density at radius 3 is 1.40 bits per heavy atom. The van der Waals surface area contributed by atoms with Gasteiger partial charge in [0.1, 0.15) is 32.0 Å². The van der Waals surface area contributed by atoms with E-state index in [9.17, 15) is 0 Å². The fraction of sp³-hybridized carbons (Fsp3) is 0.0714. The second kappa shape index (κ2) is 9.02. The zero-order valence-electron chi connectivity index (χ0n) is 19.3. The van der Waals surface area contributed by atoms with E-state index < -0.39 is 0 Å². The highest BCUT2D eigenvalue weighted by atomic mass is 32.1. The quantitative estimate of drug-likeness (QED) is 0.285. The molecule has 6 rings (SSSR count). The van der Waals surface area contributed by atoms with E-state index in [-0.39, 0.29) is 0 Å². The summed E-state index contributed by atoms with van der Waals surface area (Å²) in [5, 5.41) is 2.11. The number of hydrogen-bond donors (Lipinski definition) is 1. The van der Waals surface area contributed by atoms with Crippen LogP contribution in [0.25, 0.3) is 41.6 Å². The van der Waals surface area contributed by atoms with Gasteiger partial charge in [-0.3, -0.25) is 0 Å². The summed E-state index contributed by atoms with van der Waals surface area (Å²) >= 11 is 3.46. The van der Waals surface area contributed by atoms with Crippen LogP contribution in [0.3, 0.4) is 0 Å². The van der Waals surface area contributed by atoms with Crippen LogP contribution in [0.2, 0.25) is 0 Å². The van der Waals surface area contributed by atoms with Crippen LogP contribution in [0.15, 0.2) is 97.1 Å². The van der Waals surface area contributed by atoms with Gasteiger partial charge >= 0.3 is 10.0 Å². The van der Waals surface area contributed by atoms with Gasteiger partial charge in [-0.2, -0.15) is 0 Å². The van der Waals surface area contributed by atoms with Gasteiger partial charge < -0.3 is 9.47 Å². The number of thiazole rings is 2. The van der Waals surface area contributed by atoms with Gasteiger partial charge in [0.2, 0.25) is 0 Å². The lowest BCUT2D eigenvalue weighted by atomic mass is 10.2. The first-order valence-corrected chi connectivity index (χ1v) is 12.8. The summed E-state index contributed by atoms with van der Waals surface area (Å²) in [6, 6.07) is 33.1. The lowest BCUT2D eigenvalue weighted by Gasteiger charge is -2.05. The predicted octanol–water partition coefficient (Wildman–Crippen LogP) is 6.05. The fourth-order valence-corrected chi connectivity index (χ4v) is 6.52. The van der Waals surface area contributed by atoms with E-state index >= 15 is 0 Å². The smallest absolute Gasteiger partial charge is 0.308 e. The highest BCUT2D eigenvalue weighted by Crippen LogP contribution is 2.36. The second-order valence-corrected chi connectivity index (χ2v) is 9.98. The normalized spacial score (nSPS) is 11.1. The number of methoxy groups -OCH3 is 2. The molecule has 0 aliphatic rings. The molecule has 2 heterocycles. The highest BCUT2D eigenvalue weighted by molar-refractivity contribution is 7.21. The van der Waals surface area contributed by atoms with E-state index in [0.717, 1.165) is 43.7 Å². The van der Waals surface area contributed by atoms with Crippen LogP contribution in [0, 0.1) is 0 Å². The van der Waals surface area contributed by atoms with E-state index in [1.807, 2.05) is 36.4 Å². The van der Waals surface area contributed by atoms with E-state index in [4.69, 9.17) is 9.47 Å². The Kier molecular flexibility index (Phi) is 5.56. The minimum Gasteiger partial charge on any atom is -0.496 e. The number of hydrogen-bond acceptors (Lipinski definition) is 5. The van der Waals surface area contributed by atoms with Gasteiger partial charge in [0.25, 0.3) is 11.0 Å². The first-order chi connectivity index (χ1) is 17.3. The number of nitrogens with zero attached hydrogens (tertiary/aromatic N) is 2. The van der Waals surface area contributed by atoms with E-state index in [1.165, 1.54) is 9.40 Å². The van der Waals surface area contributed by atoms with Crippen molar-refractivity contribution in [1.29, 1.82) is 0 Å². The van der Waals surface area contributed by atoms with E-state index in [1.54, 1.807) is 36.9 Å². The van der Waals surface area contributed by atoms with Crippen molar-refractivity contribution in [2.45, 2.75) is 0 Å². The Morgan fingerprint density at radius 2 is 0.943 bits per heavy atom. The number of nitrogens with one attached hydrogen (secondary N) is 1. The molecule has 0 unspecified atom stereocenters. The van der Waals surface area contributed by atoms with Crippen molar-refractivity contribution in [2.75, 3.05) is 19.8 Å². The second-order valence-electron chi connectivity index (χ2n) is 7.92. The molecule has 0 radical (unpaired) electrons. The van der Waals surface area contributed by atoms with Gasteiger partial charge in [0.05, 0.1) is 19.8 Å².